The van der Waals surface area contributed by atoms with Gasteiger partial charge in [-0.05, 0) is 58.4 Å². The molecule has 0 atom stereocenters. The molecule has 7 nitrogen and oxygen atoms in total. The molecule has 3 rings (SSSR count). The number of rotatable bonds is 7. The lowest BCUT2D eigenvalue weighted by Gasteiger charge is -2.20. The van der Waals surface area contributed by atoms with E-state index in [-0.39, 0.29) is 0 Å². The van der Waals surface area contributed by atoms with Crippen molar-refractivity contribution in [1.29, 1.82) is 0 Å². The van der Waals surface area contributed by atoms with Gasteiger partial charge in [0.1, 0.15) is 5.82 Å². The van der Waals surface area contributed by atoms with Crippen LogP contribution in [-0.4, -0.2) is 39.1 Å². The molecule has 1 aromatic carbocycles. The molecule has 0 saturated carbocycles. The number of nitrogens with zero attached hydrogens (tertiary/aromatic N) is 6. The Labute approximate surface area is 166 Å². The molecule has 28 heavy (non-hydrogen) atoms. The fourth-order valence-electron chi connectivity index (χ4n) is 3.11. The zero-order valence-electron chi connectivity index (χ0n) is 17.1. The molecular formula is C21H27N7. The lowest BCUT2D eigenvalue weighted by molar-refractivity contribution is 0.793. The molecule has 0 amide bonds. The SMILES string of the molecule is CCN(CC)c1ccc(/C=N\Nc2cc(-n3nc(C)cc3C)nc(C)n2)cc1. The smallest absolute Gasteiger partial charge is 0.159 e. The highest BCUT2D eigenvalue weighted by molar-refractivity contribution is 5.80. The maximum absolute atomic E-state index is 4.48. The van der Waals surface area contributed by atoms with E-state index in [0.717, 1.165) is 35.9 Å². The highest BCUT2D eigenvalue weighted by Gasteiger charge is 2.08. The van der Waals surface area contributed by atoms with Crippen LogP contribution >= 0.6 is 0 Å². The van der Waals surface area contributed by atoms with E-state index < -0.39 is 0 Å². The van der Waals surface area contributed by atoms with E-state index in [1.54, 1.807) is 6.21 Å². The maximum Gasteiger partial charge on any atom is 0.159 e. The first-order valence-corrected chi connectivity index (χ1v) is 9.53. The Kier molecular flexibility index (Phi) is 6.03. The summed E-state index contributed by atoms with van der Waals surface area (Å²) in [6.45, 7) is 12.1. The van der Waals surface area contributed by atoms with Crippen LogP contribution in [0.25, 0.3) is 5.82 Å². The predicted octanol–water partition coefficient (Wildman–Crippen LogP) is 3.88. The van der Waals surface area contributed by atoms with Crippen LogP contribution in [-0.2, 0) is 0 Å². The first-order valence-electron chi connectivity index (χ1n) is 9.53. The monoisotopic (exact) mass is 377 g/mol. The predicted molar refractivity (Wildman–Crippen MR) is 115 cm³/mol. The van der Waals surface area contributed by atoms with E-state index in [0.29, 0.717) is 11.6 Å². The summed E-state index contributed by atoms with van der Waals surface area (Å²) in [5.41, 5.74) is 7.22. The number of aryl methyl sites for hydroxylation is 3. The van der Waals surface area contributed by atoms with Gasteiger partial charge in [-0.1, -0.05) is 12.1 Å². The molecule has 0 aliphatic rings. The summed E-state index contributed by atoms with van der Waals surface area (Å²) in [6, 6.07) is 12.2. The third kappa shape index (κ3) is 4.54. The van der Waals surface area contributed by atoms with Crippen LogP contribution in [0.5, 0.6) is 0 Å². The van der Waals surface area contributed by atoms with Crippen LogP contribution in [0.4, 0.5) is 11.5 Å². The summed E-state index contributed by atoms with van der Waals surface area (Å²) in [5.74, 6) is 2.01. The van der Waals surface area contributed by atoms with Crippen molar-refractivity contribution in [2.45, 2.75) is 34.6 Å². The van der Waals surface area contributed by atoms with Crippen molar-refractivity contribution < 1.29 is 0 Å². The number of aromatic nitrogens is 4. The van der Waals surface area contributed by atoms with Crippen molar-refractivity contribution in [3.8, 4) is 5.82 Å². The van der Waals surface area contributed by atoms with Gasteiger partial charge in [0.05, 0.1) is 11.9 Å². The fourth-order valence-corrected chi connectivity index (χ4v) is 3.11. The van der Waals surface area contributed by atoms with E-state index in [4.69, 9.17) is 0 Å². The Morgan fingerprint density at radius 2 is 1.75 bits per heavy atom. The zero-order chi connectivity index (χ0) is 20.1. The maximum atomic E-state index is 4.48. The average Bonchev–Trinajstić information content (AvgIpc) is 3.02. The van der Waals surface area contributed by atoms with Crippen LogP contribution in [0, 0.1) is 20.8 Å². The fraction of sp³-hybridized carbons (Fsp3) is 0.333. The van der Waals surface area contributed by atoms with Gasteiger partial charge in [0.2, 0.25) is 0 Å². The highest BCUT2D eigenvalue weighted by atomic mass is 15.3. The lowest BCUT2D eigenvalue weighted by Crippen LogP contribution is -2.21. The van der Waals surface area contributed by atoms with Gasteiger partial charge in [0, 0.05) is 30.5 Å². The molecule has 0 aliphatic heterocycles. The summed E-state index contributed by atoms with van der Waals surface area (Å²) in [5, 5.41) is 8.80. The van der Waals surface area contributed by atoms with Gasteiger partial charge >= 0.3 is 0 Å². The zero-order valence-corrected chi connectivity index (χ0v) is 17.1. The summed E-state index contributed by atoms with van der Waals surface area (Å²) in [7, 11) is 0. The number of hydrazone groups is 1. The quantitative estimate of drug-likeness (QED) is 0.500. The van der Waals surface area contributed by atoms with Gasteiger partial charge in [-0.15, -0.1) is 0 Å². The summed E-state index contributed by atoms with van der Waals surface area (Å²) in [4.78, 5) is 11.2. The van der Waals surface area contributed by atoms with E-state index >= 15 is 0 Å². The van der Waals surface area contributed by atoms with Crippen LogP contribution in [0.2, 0.25) is 0 Å². The lowest BCUT2D eigenvalue weighted by atomic mass is 10.2. The van der Waals surface area contributed by atoms with Crippen molar-refractivity contribution in [1.82, 2.24) is 19.7 Å². The molecule has 2 heterocycles. The molecule has 1 N–H and O–H groups in total. The molecule has 0 aliphatic carbocycles. The minimum Gasteiger partial charge on any atom is -0.372 e. The average molecular weight is 377 g/mol. The first kappa shape index (κ1) is 19.5. The molecule has 0 bridgehead atoms. The van der Waals surface area contributed by atoms with Crippen molar-refractivity contribution in [3.63, 3.8) is 0 Å². The number of anilines is 2. The standard InChI is InChI=1S/C21H27N7/c1-6-27(7-2)19-10-8-18(9-11-19)14-22-25-20-13-21(24-17(5)23-20)28-16(4)12-15(3)26-28/h8-14H,6-7H2,1-5H3,(H,23,24,25)/b22-14-. The molecule has 7 heteroatoms. The Balaban J connectivity index is 1.73. The van der Waals surface area contributed by atoms with Gasteiger partial charge in [-0.2, -0.15) is 10.2 Å². The number of hydrogen-bond acceptors (Lipinski definition) is 6. The Morgan fingerprint density at radius 1 is 1.04 bits per heavy atom. The molecule has 0 spiro atoms. The molecule has 2 aromatic heterocycles. The Morgan fingerprint density at radius 3 is 2.36 bits per heavy atom. The van der Waals surface area contributed by atoms with E-state index in [1.807, 2.05) is 37.6 Å². The van der Waals surface area contributed by atoms with Gasteiger partial charge < -0.3 is 4.90 Å². The summed E-state index contributed by atoms with van der Waals surface area (Å²) >= 11 is 0. The van der Waals surface area contributed by atoms with Crippen LogP contribution in [0.3, 0.4) is 0 Å². The molecular weight excluding hydrogens is 350 g/mol. The molecule has 0 saturated heterocycles. The molecule has 146 valence electrons. The van der Waals surface area contributed by atoms with Crippen molar-refractivity contribution in [3.05, 3.63) is 59.2 Å². The van der Waals surface area contributed by atoms with E-state index in [2.05, 4.69) is 68.6 Å². The molecule has 0 radical (unpaired) electrons. The van der Waals surface area contributed by atoms with Crippen LogP contribution in [0.1, 0.15) is 36.6 Å². The van der Waals surface area contributed by atoms with E-state index in [9.17, 15) is 0 Å². The van der Waals surface area contributed by atoms with E-state index in [1.165, 1.54) is 5.69 Å². The van der Waals surface area contributed by atoms with Crippen molar-refractivity contribution in [2.75, 3.05) is 23.4 Å². The van der Waals surface area contributed by atoms with Crippen LogP contribution < -0.4 is 10.3 Å². The highest BCUT2D eigenvalue weighted by Crippen LogP contribution is 2.15. The second-order valence-electron chi connectivity index (χ2n) is 6.63. The number of hydrogen-bond donors (Lipinski definition) is 1. The first-order chi connectivity index (χ1) is 13.5. The third-order valence-electron chi connectivity index (χ3n) is 4.47. The topological polar surface area (TPSA) is 71.2 Å². The normalized spacial score (nSPS) is 11.2. The van der Waals surface area contributed by atoms with Gasteiger partial charge in [-0.25, -0.2) is 14.6 Å². The van der Waals surface area contributed by atoms with Crippen LogP contribution in [0.15, 0.2) is 41.5 Å². The minimum absolute atomic E-state index is 0.631. The van der Waals surface area contributed by atoms with Gasteiger partial charge in [-0.3, -0.25) is 5.43 Å². The summed E-state index contributed by atoms with van der Waals surface area (Å²) < 4.78 is 1.81. The molecule has 0 fully saturated rings. The third-order valence-corrected chi connectivity index (χ3v) is 4.47. The minimum atomic E-state index is 0.631. The van der Waals surface area contributed by atoms with Crippen molar-refractivity contribution >= 4 is 17.7 Å². The Hall–Kier alpha value is -3.22. The second-order valence-corrected chi connectivity index (χ2v) is 6.63. The van der Waals surface area contributed by atoms with Gasteiger partial charge in [0.25, 0.3) is 0 Å². The number of nitrogens with one attached hydrogen (secondary N) is 1. The van der Waals surface area contributed by atoms with Gasteiger partial charge in [0.15, 0.2) is 11.6 Å². The summed E-state index contributed by atoms with van der Waals surface area (Å²) in [6.07, 6.45) is 1.78. The number of benzene rings is 1. The van der Waals surface area contributed by atoms with Crippen molar-refractivity contribution in [2.24, 2.45) is 5.10 Å². The largest absolute Gasteiger partial charge is 0.372 e. The second kappa shape index (κ2) is 8.65. The Bertz CT molecular complexity index is 953. The molecule has 3 aromatic rings. The molecule has 0 unspecified atom stereocenters.